The Bertz CT molecular complexity index is 1170. The lowest BCUT2D eigenvalue weighted by atomic mass is 9.87. The van der Waals surface area contributed by atoms with E-state index >= 15 is 0 Å². The minimum absolute atomic E-state index is 0.129. The van der Waals surface area contributed by atoms with E-state index in [1.807, 2.05) is 6.07 Å². The van der Waals surface area contributed by atoms with Crippen molar-refractivity contribution in [2.45, 2.75) is 59.0 Å². The fourth-order valence-corrected chi connectivity index (χ4v) is 4.77. The number of aromatic nitrogens is 4. The predicted molar refractivity (Wildman–Crippen MR) is 110 cm³/mol. The molecule has 0 bridgehead atoms. The zero-order valence-electron chi connectivity index (χ0n) is 17.3. The molecule has 152 valence electrons. The third-order valence-corrected chi connectivity index (χ3v) is 6.09. The van der Waals surface area contributed by atoms with Crippen LogP contribution < -0.4 is 5.43 Å². The number of aryl methyl sites for hydroxylation is 1. The summed E-state index contributed by atoms with van der Waals surface area (Å²) in [5.41, 5.74) is 0.913. The third kappa shape index (κ3) is 3.24. The molecule has 0 radical (unpaired) electrons. The number of hydrogen-bond acceptors (Lipinski definition) is 5. The number of Topliss-reactive ketones (excluding diaryl/α,β-unsaturated/α-hetero) is 1. The Balaban J connectivity index is 1.88. The maximum absolute atomic E-state index is 12.1. The first-order valence-corrected chi connectivity index (χ1v) is 9.87. The molecule has 0 aliphatic heterocycles. The van der Waals surface area contributed by atoms with Gasteiger partial charge in [-0.15, -0.1) is 0 Å². The van der Waals surface area contributed by atoms with E-state index in [0.29, 0.717) is 6.54 Å². The zero-order valence-corrected chi connectivity index (χ0v) is 17.3. The highest BCUT2D eigenvalue weighted by atomic mass is 16.3. The Hall–Kier alpha value is -2.96. The second-order valence-electron chi connectivity index (χ2n) is 9.07. The molecular formula is C22H26N4O3. The van der Waals surface area contributed by atoms with Crippen molar-refractivity contribution in [2.24, 2.45) is 5.41 Å². The van der Waals surface area contributed by atoms with Crippen molar-refractivity contribution >= 4 is 16.8 Å². The van der Waals surface area contributed by atoms with E-state index in [1.165, 1.54) is 13.1 Å². The van der Waals surface area contributed by atoms with Crippen LogP contribution in [0.5, 0.6) is 5.75 Å². The van der Waals surface area contributed by atoms with Gasteiger partial charge in [0.25, 0.3) is 5.43 Å². The molecule has 3 aromatic rings. The third-order valence-electron chi connectivity index (χ3n) is 6.09. The lowest BCUT2D eigenvalue weighted by Gasteiger charge is -2.34. The molecule has 1 unspecified atom stereocenters. The summed E-state index contributed by atoms with van der Waals surface area (Å²) in [4.78, 5) is 28.5. The molecule has 1 fully saturated rings. The number of nitrogens with zero attached hydrogens (tertiary/aromatic N) is 4. The van der Waals surface area contributed by atoms with Gasteiger partial charge < -0.3 is 9.67 Å². The highest BCUT2D eigenvalue weighted by molar-refractivity contribution is 5.92. The van der Waals surface area contributed by atoms with Gasteiger partial charge in [0.05, 0.1) is 18.3 Å². The number of carbonyl (C=O) groups is 1. The van der Waals surface area contributed by atoms with Crippen LogP contribution in [0.15, 0.2) is 35.5 Å². The van der Waals surface area contributed by atoms with Gasteiger partial charge in [-0.3, -0.25) is 14.3 Å². The van der Waals surface area contributed by atoms with Crippen LogP contribution in [0.1, 0.15) is 56.1 Å². The molecule has 1 N–H and O–H groups in total. The maximum atomic E-state index is 12.1. The van der Waals surface area contributed by atoms with Crippen molar-refractivity contribution in [3.05, 3.63) is 52.2 Å². The summed E-state index contributed by atoms with van der Waals surface area (Å²) in [5, 5.41) is 15.5. The average Bonchev–Trinajstić information content (AvgIpc) is 3.16. The number of fused-ring (bicyclic) bond motifs is 1. The molecule has 1 aliphatic carbocycles. The number of rotatable bonds is 4. The number of ketones is 1. The van der Waals surface area contributed by atoms with Gasteiger partial charge in [0.1, 0.15) is 5.65 Å². The lowest BCUT2D eigenvalue weighted by molar-refractivity contribution is 0.100. The molecule has 0 spiro atoms. The highest BCUT2D eigenvalue weighted by Gasteiger charge is 2.46. The van der Waals surface area contributed by atoms with Gasteiger partial charge in [0.15, 0.2) is 17.2 Å². The number of carbonyl (C=O) groups excluding carboxylic acids is 1. The summed E-state index contributed by atoms with van der Waals surface area (Å²) in [6.07, 6.45) is 8.09. The molecular weight excluding hydrogens is 368 g/mol. The number of hydrogen-bond donors (Lipinski definition) is 1. The quantitative estimate of drug-likeness (QED) is 0.685. The molecule has 4 rings (SSSR count). The van der Waals surface area contributed by atoms with Gasteiger partial charge in [-0.1, -0.05) is 13.8 Å². The SMILES string of the molecule is CC(=O)c1nn(CC2(n3cc(C)c4cccnc43)CCC(C)(C)C2)cc(O)c1=O. The zero-order chi connectivity index (χ0) is 21.0. The van der Waals surface area contributed by atoms with Gasteiger partial charge in [0, 0.05) is 24.7 Å². The summed E-state index contributed by atoms with van der Waals surface area (Å²) in [6, 6.07) is 4.00. The van der Waals surface area contributed by atoms with E-state index < -0.39 is 17.0 Å². The second-order valence-corrected chi connectivity index (χ2v) is 9.07. The van der Waals surface area contributed by atoms with E-state index in [1.54, 1.807) is 10.9 Å². The van der Waals surface area contributed by atoms with E-state index in [-0.39, 0.29) is 16.6 Å². The summed E-state index contributed by atoms with van der Waals surface area (Å²) in [6.45, 7) is 8.29. The molecule has 1 atom stereocenters. The molecule has 7 heteroatoms. The first-order chi connectivity index (χ1) is 13.6. The van der Waals surface area contributed by atoms with Gasteiger partial charge in [-0.05, 0) is 49.3 Å². The maximum Gasteiger partial charge on any atom is 0.252 e. The van der Waals surface area contributed by atoms with Crippen molar-refractivity contribution in [1.82, 2.24) is 19.3 Å². The first-order valence-electron chi connectivity index (χ1n) is 9.87. The van der Waals surface area contributed by atoms with Crippen molar-refractivity contribution in [3.63, 3.8) is 0 Å². The monoisotopic (exact) mass is 394 g/mol. The molecule has 0 amide bonds. The van der Waals surface area contributed by atoms with Crippen molar-refractivity contribution < 1.29 is 9.90 Å². The molecule has 7 nitrogen and oxygen atoms in total. The van der Waals surface area contributed by atoms with Gasteiger partial charge in [-0.2, -0.15) is 5.10 Å². The van der Waals surface area contributed by atoms with Crippen LogP contribution in [0.2, 0.25) is 0 Å². The van der Waals surface area contributed by atoms with Crippen LogP contribution in [0.4, 0.5) is 0 Å². The molecule has 3 aromatic heterocycles. The van der Waals surface area contributed by atoms with Crippen molar-refractivity contribution in [1.29, 1.82) is 0 Å². The van der Waals surface area contributed by atoms with Crippen LogP contribution in [0, 0.1) is 12.3 Å². The normalized spacial score (nSPS) is 21.0. The topological polar surface area (TPSA) is 90.0 Å². The van der Waals surface area contributed by atoms with Crippen molar-refractivity contribution in [2.75, 3.05) is 0 Å². The fourth-order valence-electron chi connectivity index (χ4n) is 4.77. The van der Waals surface area contributed by atoms with Crippen LogP contribution in [0.25, 0.3) is 11.0 Å². The summed E-state index contributed by atoms with van der Waals surface area (Å²) in [7, 11) is 0. The van der Waals surface area contributed by atoms with Crippen LogP contribution in [-0.2, 0) is 12.1 Å². The molecule has 0 aromatic carbocycles. The molecule has 29 heavy (non-hydrogen) atoms. The Morgan fingerprint density at radius 2 is 2.03 bits per heavy atom. The first kappa shape index (κ1) is 19.4. The van der Waals surface area contributed by atoms with Crippen LogP contribution in [0.3, 0.4) is 0 Å². The summed E-state index contributed by atoms with van der Waals surface area (Å²) in [5.74, 6) is -0.909. The van der Waals surface area contributed by atoms with Gasteiger partial charge >= 0.3 is 0 Å². The van der Waals surface area contributed by atoms with Crippen LogP contribution in [-0.4, -0.2) is 30.2 Å². The number of pyridine rings is 1. The van der Waals surface area contributed by atoms with Crippen molar-refractivity contribution in [3.8, 4) is 5.75 Å². The Morgan fingerprint density at radius 1 is 1.28 bits per heavy atom. The second kappa shape index (κ2) is 6.54. The minimum Gasteiger partial charge on any atom is -0.503 e. The lowest BCUT2D eigenvalue weighted by Crippen LogP contribution is -2.38. The van der Waals surface area contributed by atoms with E-state index in [9.17, 15) is 14.7 Å². The Labute approximate surface area is 169 Å². The fraction of sp³-hybridized carbons (Fsp3) is 0.455. The number of aromatic hydroxyl groups is 1. The smallest absolute Gasteiger partial charge is 0.252 e. The largest absolute Gasteiger partial charge is 0.503 e. The van der Waals surface area contributed by atoms with Gasteiger partial charge in [0.2, 0.25) is 0 Å². The van der Waals surface area contributed by atoms with E-state index in [4.69, 9.17) is 0 Å². The molecule has 3 heterocycles. The summed E-state index contributed by atoms with van der Waals surface area (Å²) < 4.78 is 3.77. The molecule has 1 aliphatic rings. The average molecular weight is 394 g/mol. The van der Waals surface area contributed by atoms with Crippen LogP contribution >= 0.6 is 0 Å². The van der Waals surface area contributed by atoms with E-state index in [0.717, 1.165) is 35.9 Å². The Morgan fingerprint density at radius 3 is 2.69 bits per heavy atom. The summed E-state index contributed by atoms with van der Waals surface area (Å²) >= 11 is 0. The minimum atomic E-state index is -0.724. The predicted octanol–water partition coefficient (Wildman–Crippen LogP) is 3.42. The Kier molecular flexibility index (Phi) is 4.37. The van der Waals surface area contributed by atoms with E-state index in [2.05, 4.69) is 47.7 Å². The molecule has 1 saturated carbocycles. The van der Waals surface area contributed by atoms with Gasteiger partial charge in [-0.25, -0.2) is 4.98 Å². The highest BCUT2D eigenvalue weighted by Crippen LogP contribution is 2.50. The standard InChI is InChI=1S/C22H26N4O3/c1-14-10-26(20-16(14)6-5-9-23-20)22(8-7-21(3,4)12-22)13-25-11-17(28)19(29)18(24-25)15(2)27/h5-6,9-11,28H,7-8,12-13H2,1-4H3. The molecule has 0 saturated heterocycles.